The lowest BCUT2D eigenvalue weighted by atomic mass is 9.74. The van der Waals surface area contributed by atoms with Crippen molar-refractivity contribution in [2.45, 2.75) is 32.0 Å². The number of piperidine rings is 1. The fourth-order valence-electron chi connectivity index (χ4n) is 3.59. The maximum Gasteiger partial charge on any atom is 0.416 e. The van der Waals surface area contributed by atoms with Crippen LogP contribution in [0.4, 0.5) is 13.2 Å². The third kappa shape index (κ3) is 4.62. The number of halogens is 3. The van der Waals surface area contributed by atoms with Crippen molar-refractivity contribution in [1.29, 1.82) is 0 Å². The molecule has 0 unspecified atom stereocenters. The van der Waals surface area contributed by atoms with Crippen LogP contribution in [0.1, 0.15) is 29.7 Å². The quantitative estimate of drug-likeness (QED) is 0.874. The van der Waals surface area contributed by atoms with Gasteiger partial charge in [0.05, 0.1) is 11.3 Å². The summed E-state index contributed by atoms with van der Waals surface area (Å²) in [5.41, 5.74) is 0.648. The van der Waals surface area contributed by atoms with E-state index in [1.54, 1.807) is 12.3 Å². The van der Waals surface area contributed by atoms with E-state index in [9.17, 15) is 18.3 Å². The Bertz CT molecular complexity index is 710. The van der Waals surface area contributed by atoms with Gasteiger partial charge in [0, 0.05) is 19.3 Å². The van der Waals surface area contributed by atoms with Gasteiger partial charge in [-0.05, 0) is 61.5 Å². The highest BCUT2D eigenvalue weighted by Gasteiger charge is 2.35. The number of benzene rings is 1. The highest BCUT2D eigenvalue weighted by atomic mass is 19.4. The number of hydrogen-bond donors (Lipinski definition) is 1. The van der Waals surface area contributed by atoms with Crippen molar-refractivity contribution >= 4 is 0 Å². The highest BCUT2D eigenvalue weighted by molar-refractivity contribution is 5.26. The molecule has 0 aliphatic carbocycles. The number of aliphatic hydroxyl groups is 1. The summed E-state index contributed by atoms with van der Waals surface area (Å²) >= 11 is 0. The molecule has 0 amide bonds. The van der Waals surface area contributed by atoms with Crippen molar-refractivity contribution in [3.63, 3.8) is 0 Å². The molecule has 1 aromatic carbocycles. The van der Waals surface area contributed by atoms with Crippen molar-refractivity contribution in [2.24, 2.45) is 5.41 Å². The van der Waals surface area contributed by atoms with Crippen molar-refractivity contribution in [2.75, 3.05) is 19.7 Å². The van der Waals surface area contributed by atoms with Gasteiger partial charge in [-0.1, -0.05) is 24.3 Å². The summed E-state index contributed by atoms with van der Waals surface area (Å²) in [6.45, 7) is 2.35. The van der Waals surface area contributed by atoms with Crippen LogP contribution >= 0.6 is 0 Å². The van der Waals surface area contributed by atoms with Gasteiger partial charge < -0.3 is 5.11 Å². The fourth-order valence-corrected chi connectivity index (χ4v) is 3.59. The van der Waals surface area contributed by atoms with Gasteiger partial charge in [-0.15, -0.1) is 0 Å². The number of likely N-dealkylation sites (tertiary alicyclic amines) is 1. The lowest BCUT2D eigenvalue weighted by molar-refractivity contribution is -0.137. The number of nitrogens with zero attached hydrogens (tertiary/aromatic N) is 2. The van der Waals surface area contributed by atoms with Crippen LogP contribution in [0.5, 0.6) is 0 Å². The molecule has 1 aliphatic rings. The zero-order valence-corrected chi connectivity index (χ0v) is 14.5. The number of pyridine rings is 1. The molecule has 3 nitrogen and oxygen atoms in total. The van der Waals surface area contributed by atoms with E-state index in [0.29, 0.717) is 12.0 Å². The van der Waals surface area contributed by atoms with E-state index in [1.165, 1.54) is 12.1 Å². The lowest BCUT2D eigenvalue weighted by Crippen LogP contribution is -2.43. The second-order valence-electron chi connectivity index (χ2n) is 7.13. The maximum atomic E-state index is 12.9. The van der Waals surface area contributed by atoms with E-state index in [2.05, 4.69) is 9.88 Å². The van der Waals surface area contributed by atoms with Crippen molar-refractivity contribution in [3.05, 3.63) is 65.5 Å². The van der Waals surface area contributed by atoms with Gasteiger partial charge in [-0.3, -0.25) is 9.88 Å². The van der Waals surface area contributed by atoms with Crippen LogP contribution in [-0.2, 0) is 19.1 Å². The largest absolute Gasteiger partial charge is 0.416 e. The van der Waals surface area contributed by atoms with Gasteiger partial charge in [0.25, 0.3) is 0 Å². The molecule has 1 fully saturated rings. The molecule has 26 heavy (non-hydrogen) atoms. The van der Waals surface area contributed by atoms with Crippen molar-refractivity contribution < 1.29 is 18.3 Å². The summed E-state index contributed by atoms with van der Waals surface area (Å²) in [6.07, 6.45) is -0.594. The van der Waals surface area contributed by atoms with E-state index in [4.69, 9.17) is 0 Å². The first-order valence-electron chi connectivity index (χ1n) is 8.80. The minimum atomic E-state index is -4.34. The molecule has 1 aliphatic heterocycles. The van der Waals surface area contributed by atoms with Gasteiger partial charge in [0.15, 0.2) is 0 Å². The van der Waals surface area contributed by atoms with E-state index >= 15 is 0 Å². The van der Waals surface area contributed by atoms with E-state index in [0.717, 1.165) is 44.2 Å². The van der Waals surface area contributed by atoms with Crippen LogP contribution in [-0.4, -0.2) is 34.7 Å². The minimum absolute atomic E-state index is 0.0132. The molecule has 0 radical (unpaired) electrons. The molecule has 0 bridgehead atoms. The van der Waals surface area contributed by atoms with Crippen molar-refractivity contribution in [3.8, 4) is 0 Å². The zero-order chi connectivity index (χ0) is 18.6. The molecule has 1 aromatic heterocycles. The topological polar surface area (TPSA) is 36.4 Å². The molecule has 1 N–H and O–H groups in total. The van der Waals surface area contributed by atoms with Gasteiger partial charge in [-0.2, -0.15) is 13.2 Å². The van der Waals surface area contributed by atoms with Crippen LogP contribution in [0.2, 0.25) is 0 Å². The summed E-state index contributed by atoms with van der Waals surface area (Å²) in [5, 5.41) is 9.95. The summed E-state index contributed by atoms with van der Waals surface area (Å²) in [6, 6.07) is 11.3. The first kappa shape index (κ1) is 18.9. The third-order valence-corrected chi connectivity index (χ3v) is 5.20. The highest BCUT2D eigenvalue weighted by Crippen LogP contribution is 2.36. The Balaban J connectivity index is 1.64. The van der Waals surface area contributed by atoms with Crippen LogP contribution in [0.25, 0.3) is 0 Å². The molecule has 6 heteroatoms. The summed E-state index contributed by atoms with van der Waals surface area (Å²) in [4.78, 5) is 6.61. The second kappa shape index (κ2) is 7.76. The Labute approximate surface area is 151 Å². The Morgan fingerprint density at radius 2 is 1.85 bits per heavy atom. The molecule has 2 heterocycles. The van der Waals surface area contributed by atoms with Gasteiger partial charge in [-0.25, -0.2) is 0 Å². The Morgan fingerprint density at radius 3 is 2.46 bits per heavy atom. The van der Waals surface area contributed by atoms with Gasteiger partial charge in [0.2, 0.25) is 0 Å². The second-order valence-corrected chi connectivity index (χ2v) is 7.13. The zero-order valence-electron chi connectivity index (χ0n) is 14.5. The Hall–Kier alpha value is -1.92. The molecule has 2 aromatic rings. The number of hydrogen-bond acceptors (Lipinski definition) is 3. The molecule has 0 atom stereocenters. The molecule has 140 valence electrons. The average Bonchev–Trinajstić information content (AvgIpc) is 2.64. The van der Waals surface area contributed by atoms with E-state index < -0.39 is 11.7 Å². The van der Waals surface area contributed by atoms with Crippen LogP contribution in [0.3, 0.4) is 0 Å². The number of alkyl halides is 3. The van der Waals surface area contributed by atoms with Gasteiger partial charge in [0.1, 0.15) is 0 Å². The SMILES string of the molecule is OCC1(Cc2cccc(C(F)(F)F)c2)CCN(Cc2ccccn2)CC1. The molecule has 0 saturated carbocycles. The Kier molecular flexibility index (Phi) is 5.63. The normalized spacial score (nSPS) is 18.0. The monoisotopic (exact) mass is 364 g/mol. The standard InChI is InChI=1S/C20H23F3N2O/c21-20(22,23)17-5-3-4-16(12-17)13-19(15-26)7-10-25(11-8-19)14-18-6-1-2-9-24-18/h1-6,9,12,26H,7-8,10-11,13-15H2. The fraction of sp³-hybridized carbons (Fsp3) is 0.450. The number of aliphatic hydroxyl groups excluding tert-OH is 1. The molecular weight excluding hydrogens is 341 g/mol. The smallest absolute Gasteiger partial charge is 0.396 e. The summed E-state index contributed by atoms with van der Waals surface area (Å²) in [7, 11) is 0. The van der Waals surface area contributed by atoms with Crippen LogP contribution < -0.4 is 0 Å². The molecule has 0 spiro atoms. The van der Waals surface area contributed by atoms with E-state index in [1.807, 2.05) is 18.2 Å². The molecular formula is C20H23F3N2O. The predicted molar refractivity (Wildman–Crippen MR) is 93.4 cm³/mol. The Morgan fingerprint density at radius 1 is 1.08 bits per heavy atom. The van der Waals surface area contributed by atoms with E-state index in [-0.39, 0.29) is 12.0 Å². The van der Waals surface area contributed by atoms with Crippen LogP contribution in [0.15, 0.2) is 48.7 Å². The minimum Gasteiger partial charge on any atom is -0.396 e. The first-order chi connectivity index (χ1) is 12.4. The molecule has 3 rings (SSSR count). The summed E-state index contributed by atoms with van der Waals surface area (Å²) in [5.74, 6) is 0. The first-order valence-corrected chi connectivity index (χ1v) is 8.80. The predicted octanol–water partition coefficient (Wildman–Crippen LogP) is 3.92. The number of rotatable bonds is 5. The maximum absolute atomic E-state index is 12.9. The number of aromatic nitrogens is 1. The lowest BCUT2D eigenvalue weighted by Gasteiger charge is -2.41. The average molecular weight is 364 g/mol. The van der Waals surface area contributed by atoms with Crippen molar-refractivity contribution in [1.82, 2.24) is 9.88 Å². The van der Waals surface area contributed by atoms with Gasteiger partial charge >= 0.3 is 6.18 Å². The third-order valence-electron chi connectivity index (χ3n) is 5.20. The van der Waals surface area contributed by atoms with Crippen LogP contribution in [0, 0.1) is 5.41 Å². The summed E-state index contributed by atoms with van der Waals surface area (Å²) < 4.78 is 38.8. The molecule has 1 saturated heterocycles.